The highest BCUT2D eigenvalue weighted by Crippen LogP contribution is 2.27. The Balaban J connectivity index is 1.88. The Morgan fingerprint density at radius 1 is 1.30 bits per heavy atom. The summed E-state index contributed by atoms with van der Waals surface area (Å²) in [4.78, 5) is 14.6. The summed E-state index contributed by atoms with van der Waals surface area (Å²) in [5.74, 6) is 0.246. The van der Waals surface area contributed by atoms with Gasteiger partial charge in [-0.25, -0.2) is 0 Å². The van der Waals surface area contributed by atoms with Crippen molar-refractivity contribution in [1.82, 2.24) is 10.2 Å². The van der Waals surface area contributed by atoms with Gasteiger partial charge in [0.1, 0.15) is 0 Å². The van der Waals surface area contributed by atoms with E-state index >= 15 is 0 Å². The van der Waals surface area contributed by atoms with Crippen molar-refractivity contribution < 1.29 is 4.79 Å². The number of amides is 1. The van der Waals surface area contributed by atoms with E-state index in [4.69, 9.17) is 0 Å². The second kappa shape index (κ2) is 5.80. The summed E-state index contributed by atoms with van der Waals surface area (Å²) in [7, 11) is 0. The third kappa shape index (κ3) is 2.50. The predicted octanol–water partition coefficient (Wildman–Crippen LogP) is 2.57. The van der Waals surface area contributed by atoms with Gasteiger partial charge in [-0.15, -0.1) is 0 Å². The maximum absolute atomic E-state index is 12.6. The number of carbonyl (C=O) groups is 1. The third-order valence-corrected chi connectivity index (χ3v) is 4.30. The standard InChI is InChI=1S/C17H22N2O/c1-2-16-17(20)19(11-5-10-18-16)15-9-8-13-6-3-4-7-14(13)12-15/h3-4,6-7,12,16,18H,2,5,8-11H2,1H3. The van der Waals surface area contributed by atoms with Gasteiger partial charge in [0.25, 0.3) is 0 Å². The molecule has 0 spiro atoms. The van der Waals surface area contributed by atoms with Crippen molar-refractivity contribution in [3.63, 3.8) is 0 Å². The number of fused-ring (bicyclic) bond motifs is 1. The van der Waals surface area contributed by atoms with Crippen molar-refractivity contribution >= 4 is 12.0 Å². The van der Waals surface area contributed by atoms with Crippen LogP contribution < -0.4 is 5.32 Å². The van der Waals surface area contributed by atoms with Crippen LogP contribution in [0.5, 0.6) is 0 Å². The van der Waals surface area contributed by atoms with Crippen LogP contribution in [0.3, 0.4) is 0 Å². The van der Waals surface area contributed by atoms with E-state index in [0.29, 0.717) is 0 Å². The van der Waals surface area contributed by atoms with Crippen LogP contribution in [0, 0.1) is 0 Å². The Morgan fingerprint density at radius 2 is 2.15 bits per heavy atom. The highest BCUT2D eigenvalue weighted by atomic mass is 16.2. The molecule has 1 saturated heterocycles. The number of nitrogens with zero attached hydrogens (tertiary/aromatic N) is 1. The van der Waals surface area contributed by atoms with Gasteiger partial charge < -0.3 is 10.2 Å². The molecule has 1 unspecified atom stereocenters. The molecule has 1 aromatic carbocycles. The van der Waals surface area contributed by atoms with Crippen LogP contribution in [0.1, 0.15) is 37.3 Å². The molecular formula is C17H22N2O. The van der Waals surface area contributed by atoms with Crippen molar-refractivity contribution in [2.24, 2.45) is 0 Å². The van der Waals surface area contributed by atoms with Gasteiger partial charge in [0, 0.05) is 12.2 Å². The van der Waals surface area contributed by atoms with Gasteiger partial charge in [-0.05, 0) is 49.4 Å². The zero-order chi connectivity index (χ0) is 13.9. The van der Waals surface area contributed by atoms with E-state index in [-0.39, 0.29) is 11.9 Å². The molecule has 1 aliphatic heterocycles. The summed E-state index contributed by atoms with van der Waals surface area (Å²) in [5.41, 5.74) is 3.85. The Hall–Kier alpha value is -1.61. The molecule has 0 radical (unpaired) electrons. The quantitative estimate of drug-likeness (QED) is 0.896. The van der Waals surface area contributed by atoms with Crippen molar-refractivity contribution in [2.75, 3.05) is 13.1 Å². The van der Waals surface area contributed by atoms with Crippen LogP contribution in [0.2, 0.25) is 0 Å². The Kier molecular flexibility index (Phi) is 3.88. The van der Waals surface area contributed by atoms with Crippen LogP contribution in [0.25, 0.3) is 6.08 Å². The molecule has 0 saturated carbocycles. The molecule has 0 aromatic heterocycles. The first kappa shape index (κ1) is 13.4. The largest absolute Gasteiger partial charge is 0.315 e. The van der Waals surface area contributed by atoms with Gasteiger partial charge in [0.05, 0.1) is 6.04 Å². The van der Waals surface area contributed by atoms with Gasteiger partial charge in [-0.1, -0.05) is 31.2 Å². The third-order valence-electron chi connectivity index (χ3n) is 4.30. The average Bonchev–Trinajstić information content (AvgIpc) is 2.68. The summed E-state index contributed by atoms with van der Waals surface area (Å²) < 4.78 is 0. The van der Waals surface area contributed by atoms with E-state index in [1.54, 1.807) is 0 Å². The fourth-order valence-corrected chi connectivity index (χ4v) is 3.13. The van der Waals surface area contributed by atoms with Crippen LogP contribution >= 0.6 is 0 Å². The number of carbonyl (C=O) groups excluding carboxylic acids is 1. The molecule has 1 amide bonds. The van der Waals surface area contributed by atoms with Crippen LogP contribution in [0.15, 0.2) is 30.0 Å². The number of nitrogens with one attached hydrogen (secondary N) is 1. The lowest BCUT2D eigenvalue weighted by Gasteiger charge is -2.29. The first-order valence-corrected chi connectivity index (χ1v) is 7.63. The van der Waals surface area contributed by atoms with Crippen molar-refractivity contribution in [3.05, 3.63) is 41.1 Å². The van der Waals surface area contributed by atoms with E-state index in [9.17, 15) is 4.79 Å². The second-order valence-electron chi connectivity index (χ2n) is 5.59. The smallest absolute Gasteiger partial charge is 0.243 e. The van der Waals surface area contributed by atoms with Gasteiger partial charge in [0.2, 0.25) is 5.91 Å². The molecule has 1 aliphatic carbocycles. The zero-order valence-corrected chi connectivity index (χ0v) is 12.1. The molecule has 1 N–H and O–H groups in total. The molecule has 1 fully saturated rings. The number of hydrogen-bond acceptors (Lipinski definition) is 2. The molecule has 106 valence electrons. The molecule has 3 rings (SSSR count). The van der Waals surface area contributed by atoms with Crippen LogP contribution in [-0.2, 0) is 11.2 Å². The monoisotopic (exact) mass is 270 g/mol. The normalized spacial score (nSPS) is 23.1. The maximum Gasteiger partial charge on any atom is 0.243 e. The molecule has 3 heteroatoms. The minimum atomic E-state index is -0.0180. The summed E-state index contributed by atoms with van der Waals surface area (Å²) in [6, 6.07) is 8.47. The molecule has 2 aliphatic rings. The van der Waals surface area contributed by atoms with E-state index in [0.717, 1.165) is 38.8 Å². The van der Waals surface area contributed by atoms with E-state index in [1.165, 1.54) is 16.8 Å². The van der Waals surface area contributed by atoms with Crippen molar-refractivity contribution in [3.8, 4) is 0 Å². The Bertz CT molecular complexity index is 536. The summed E-state index contributed by atoms with van der Waals surface area (Å²) in [6.07, 6.45) is 6.10. The van der Waals surface area contributed by atoms with Crippen molar-refractivity contribution in [2.45, 2.75) is 38.6 Å². The highest BCUT2D eigenvalue weighted by Gasteiger charge is 2.28. The first-order valence-electron chi connectivity index (χ1n) is 7.63. The number of hydrogen-bond donors (Lipinski definition) is 1. The summed E-state index contributed by atoms with van der Waals surface area (Å²) in [6.45, 7) is 3.85. The van der Waals surface area contributed by atoms with Crippen molar-refractivity contribution in [1.29, 1.82) is 0 Å². The van der Waals surface area contributed by atoms with Crippen LogP contribution in [-0.4, -0.2) is 29.9 Å². The van der Waals surface area contributed by atoms with Gasteiger partial charge in [-0.3, -0.25) is 4.79 Å². The first-order chi connectivity index (χ1) is 9.79. The fraction of sp³-hybridized carbons (Fsp3) is 0.471. The van der Waals surface area contributed by atoms with E-state index in [2.05, 4.69) is 42.6 Å². The lowest BCUT2D eigenvalue weighted by Crippen LogP contribution is -2.43. The maximum atomic E-state index is 12.6. The lowest BCUT2D eigenvalue weighted by atomic mass is 9.94. The molecular weight excluding hydrogens is 248 g/mol. The average molecular weight is 270 g/mol. The minimum absolute atomic E-state index is 0.0180. The Labute approximate surface area is 120 Å². The molecule has 20 heavy (non-hydrogen) atoms. The molecule has 3 nitrogen and oxygen atoms in total. The number of benzene rings is 1. The van der Waals surface area contributed by atoms with Gasteiger partial charge in [0.15, 0.2) is 0 Å². The highest BCUT2D eigenvalue weighted by molar-refractivity contribution is 5.85. The lowest BCUT2D eigenvalue weighted by molar-refractivity contribution is -0.130. The number of rotatable bonds is 2. The van der Waals surface area contributed by atoms with Gasteiger partial charge in [-0.2, -0.15) is 0 Å². The zero-order valence-electron chi connectivity index (χ0n) is 12.1. The minimum Gasteiger partial charge on any atom is -0.315 e. The molecule has 1 atom stereocenters. The van der Waals surface area contributed by atoms with E-state index in [1.807, 2.05) is 4.90 Å². The molecule has 1 aromatic rings. The topological polar surface area (TPSA) is 32.3 Å². The van der Waals surface area contributed by atoms with E-state index < -0.39 is 0 Å². The molecule has 1 heterocycles. The number of aryl methyl sites for hydroxylation is 1. The number of allylic oxidation sites excluding steroid dienone is 1. The molecule has 0 bridgehead atoms. The summed E-state index contributed by atoms with van der Waals surface area (Å²) in [5, 5.41) is 3.35. The second-order valence-corrected chi connectivity index (χ2v) is 5.59. The fourth-order valence-electron chi connectivity index (χ4n) is 3.13. The predicted molar refractivity (Wildman–Crippen MR) is 81.2 cm³/mol. The summed E-state index contributed by atoms with van der Waals surface area (Å²) >= 11 is 0. The van der Waals surface area contributed by atoms with Gasteiger partial charge >= 0.3 is 0 Å². The van der Waals surface area contributed by atoms with Crippen LogP contribution in [0.4, 0.5) is 0 Å². The SMILES string of the molecule is CCC1NCCCN(C2=Cc3ccccc3CC2)C1=O. The Morgan fingerprint density at radius 3 is 3.00 bits per heavy atom.